The van der Waals surface area contributed by atoms with Crippen molar-refractivity contribution in [2.45, 2.75) is 24.6 Å². The van der Waals surface area contributed by atoms with E-state index < -0.39 is 0 Å². The van der Waals surface area contributed by atoms with E-state index in [1.807, 2.05) is 31.2 Å². The summed E-state index contributed by atoms with van der Waals surface area (Å²) in [7, 11) is 0. The molecule has 2 N–H and O–H groups in total. The highest BCUT2D eigenvalue weighted by molar-refractivity contribution is 8.01. The molecule has 6 nitrogen and oxygen atoms in total. The normalized spacial score (nSPS) is 10.3. The van der Waals surface area contributed by atoms with Crippen molar-refractivity contribution in [3.8, 4) is 0 Å². The van der Waals surface area contributed by atoms with Gasteiger partial charge in [0.25, 0.3) is 0 Å². The van der Waals surface area contributed by atoms with E-state index >= 15 is 0 Å². The molecule has 1 heterocycles. The summed E-state index contributed by atoms with van der Waals surface area (Å²) in [5.74, 6) is 0.0273. The van der Waals surface area contributed by atoms with Crippen LogP contribution >= 0.6 is 23.1 Å². The number of rotatable bonds is 6. The molecule has 0 saturated heterocycles. The van der Waals surface area contributed by atoms with E-state index in [0.717, 1.165) is 11.3 Å². The predicted octanol–water partition coefficient (Wildman–Crippen LogP) is 2.93. The van der Waals surface area contributed by atoms with E-state index in [2.05, 4.69) is 20.8 Å². The molecule has 1 aromatic carbocycles. The minimum absolute atomic E-state index is 0.107. The Kier molecular flexibility index (Phi) is 5.91. The third-order valence-corrected chi connectivity index (χ3v) is 4.57. The average Bonchev–Trinajstić information content (AvgIpc) is 2.92. The summed E-state index contributed by atoms with van der Waals surface area (Å²) in [5.41, 5.74) is 1.87. The first-order valence-electron chi connectivity index (χ1n) is 6.69. The fourth-order valence-corrected chi connectivity index (χ4v) is 3.14. The van der Waals surface area contributed by atoms with Gasteiger partial charge in [-0.1, -0.05) is 42.2 Å². The number of hydrogen-bond donors (Lipinski definition) is 2. The topological polar surface area (TPSA) is 84.0 Å². The maximum absolute atomic E-state index is 11.9. The third-order valence-electron chi connectivity index (χ3n) is 2.60. The second-order valence-corrected chi connectivity index (χ2v) is 6.68. The fraction of sp³-hybridized carbons (Fsp3) is 0.286. The van der Waals surface area contributed by atoms with Gasteiger partial charge in [-0.25, -0.2) is 0 Å². The summed E-state index contributed by atoms with van der Waals surface area (Å²) >= 11 is 2.55. The lowest BCUT2D eigenvalue weighted by Gasteiger charge is -2.04. The van der Waals surface area contributed by atoms with Crippen LogP contribution in [0.4, 0.5) is 10.8 Å². The Morgan fingerprint density at radius 2 is 2.05 bits per heavy atom. The highest BCUT2D eigenvalue weighted by Gasteiger charge is 2.10. The Balaban J connectivity index is 1.82. The van der Waals surface area contributed by atoms with E-state index in [-0.39, 0.29) is 17.6 Å². The molecular weight excluding hydrogens is 320 g/mol. The summed E-state index contributed by atoms with van der Waals surface area (Å²) in [6.07, 6.45) is 0.390. The third kappa shape index (κ3) is 5.12. The van der Waals surface area contributed by atoms with Crippen molar-refractivity contribution < 1.29 is 9.59 Å². The Morgan fingerprint density at radius 3 is 2.77 bits per heavy atom. The quantitative estimate of drug-likeness (QED) is 0.626. The molecule has 2 aromatic rings. The molecular formula is C14H16N4O2S2. The number of aryl methyl sites for hydroxylation is 1. The van der Waals surface area contributed by atoms with Crippen molar-refractivity contribution in [1.29, 1.82) is 0 Å². The van der Waals surface area contributed by atoms with Gasteiger partial charge in [0.05, 0.1) is 5.75 Å². The van der Waals surface area contributed by atoms with Crippen LogP contribution in [-0.4, -0.2) is 27.8 Å². The molecule has 2 rings (SSSR count). The van der Waals surface area contributed by atoms with E-state index in [1.165, 1.54) is 23.1 Å². The SMILES string of the molecule is CCC(=O)Nc1nnc(SCC(=O)Nc2cccc(C)c2)s1. The van der Waals surface area contributed by atoms with Gasteiger partial charge in [0.15, 0.2) is 4.34 Å². The van der Waals surface area contributed by atoms with Gasteiger partial charge >= 0.3 is 0 Å². The predicted molar refractivity (Wildman–Crippen MR) is 89.4 cm³/mol. The van der Waals surface area contributed by atoms with Crippen molar-refractivity contribution >= 4 is 45.7 Å². The molecule has 0 bridgehead atoms. The average molecular weight is 336 g/mol. The minimum atomic E-state index is -0.107. The first-order valence-corrected chi connectivity index (χ1v) is 8.49. The first-order chi connectivity index (χ1) is 10.6. The number of benzene rings is 1. The number of carbonyl (C=O) groups excluding carboxylic acids is 2. The van der Waals surface area contributed by atoms with Crippen LogP contribution in [0.2, 0.25) is 0 Å². The van der Waals surface area contributed by atoms with Crippen molar-refractivity contribution in [2.75, 3.05) is 16.4 Å². The summed E-state index contributed by atoms with van der Waals surface area (Å²) in [6.45, 7) is 3.74. The number of anilines is 2. The smallest absolute Gasteiger partial charge is 0.234 e. The van der Waals surface area contributed by atoms with Gasteiger partial charge < -0.3 is 10.6 Å². The maximum Gasteiger partial charge on any atom is 0.234 e. The number of aromatic nitrogens is 2. The summed E-state index contributed by atoms with van der Waals surface area (Å²) in [5, 5.41) is 13.7. The number of hydrogen-bond acceptors (Lipinski definition) is 6. The lowest BCUT2D eigenvalue weighted by molar-refractivity contribution is -0.116. The molecule has 0 fully saturated rings. The first kappa shape index (κ1) is 16.4. The van der Waals surface area contributed by atoms with Crippen LogP contribution in [0.3, 0.4) is 0 Å². The summed E-state index contributed by atoms with van der Waals surface area (Å²) < 4.78 is 0.644. The molecule has 2 amide bonds. The van der Waals surface area contributed by atoms with Crippen LogP contribution in [0.5, 0.6) is 0 Å². The number of nitrogens with zero attached hydrogens (tertiary/aromatic N) is 2. The molecule has 0 aliphatic carbocycles. The van der Waals surface area contributed by atoms with Gasteiger partial charge in [0, 0.05) is 12.1 Å². The van der Waals surface area contributed by atoms with Crippen LogP contribution < -0.4 is 10.6 Å². The largest absolute Gasteiger partial charge is 0.325 e. The van der Waals surface area contributed by atoms with Gasteiger partial charge in [0.1, 0.15) is 0 Å². The Labute approximate surface area is 136 Å². The zero-order chi connectivity index (χ0) is 15.9. The Hall–Kier alpha value is -1.93. The van der Waals surface area contributed by atoms with Crippen LogP contribution in [0.25, 0.3) is 0 Å². The Morgan fingerprint density at radius 1 is 1.23 bits per heavy atom. The van der Waals surface area contributed by atoms with Gasteiger partial charge in [-0.2, -0.15) is 0 Å². The van der Waals surface area contributed by atoms with E-state index in [9.17, 15) is 9.59 Å². The van der Waals surface area contributed by atoms with Crippen LogP contribution in [0.15, 0.2) is 28.6 Å². The monoisotopic (exact) mass is 336 g/mol. The standard InChI is InChI=1S/C14H16N4O2S2/c1-3-11(19)16-13-17-18-14(22-13)21-8-12(20)15-10-6-4-5-9(2)7-10/h4-7H,3,8H2,1-2H3,(H,15,20)(H,16,17,19). The zero-order valence-corrected chi connectivity index (χ0v) is 13.9. The molecule has 0 atom stereocenters. The van der Waals surface area contributed by atoms with E-state index in [0.29, 0.717) is 15.9 Å². The summed E-state index contributed by atoms with van der Waals surface area (Å²) in [6, 6.07) is 7.62. The van der Waals surface area contributed by atoms with Gasteiger partial charge in [-0.05, 0) is 24.6 Å². The molecule has 0 spiro atoms. The zero-order valence-electron chi connectivity index (χ0n) is 12.3. The molecule has 0 aliphatic rings. The van der Waals surface area contributed by atoms with Gasteiger partial charge in [0.2, 0.25) is 16.9 Å². The summed E-state index contributed by atoms with van der Waals surface area (Å²) in [4.78, 5) is 23.1. The van der Waals surface area contributed by atoms with Crippen LogP contribution in [0, 0.1) is 6.92 Å². The highest BCUT2D eigenvalue weighted by Crippen LogP contribution is 2.25. The molecule has 22 heavy (non-hydrogen) atoms. The molecule has 0 radical (unpaired) electrons. The molecule has 116 valence electrons. The lowest BCUT2D eigenvalue weighted by atomic mass is 10.2. The van der Waals surface area contributed by atoms with Crippen molar-refractivity contribution in [3.05, 3.63) is 29.8 Å². The lowest BCUT2D eigenvalue weighted by Crippen LogP contribution is -2.13. The van der Waals surface area contributed by atoms with Crippen LogP contribution in [0.1, 0.15) is 18.9 Å². The van der Waals surface area contributed by atoms with Gasteiger partial charge in [-0.15, -0.1) is 10.2 Å². The number of carbonyl (C=O) groups is 2. The minimum Gasteiger partial charge on any atom is -0.325 e. The van der Waals surface area contributed by atoms with E-state index in [1.54, 1.807) is 6.92 Å². The van der Waals surface area contributed by atoms with Crippen molar-refractivity contribution in [2.24, 2.45) is 0 Å². The molecule has 0 unspecified atom stereocenters. The number of thioether (sulfide) groups is 1. The fourth-order valence-electron chi connectivity index (χ4n) is 1.57. The molecule has 1 aromatic heterocycles. The molecule has 0 saturated carbocycles. The number of amides is 2. The maximum atomic E-state index is 11.9. The molecule has 0 aliphatic heterocycles. The second-order valence-electron chi connectivity index (χ2n) is 4.48. The Bertz CT molecular complexity index is 672. The highest BCUT2D eigenvalue weighted by atomic mass is 32.2. The van der Waals surface area contributed by atoms with Crippen molar-refractivity contribution in [3.63, 3.8) is 0 Å². The van der Waals surface area contributed by atoms with Crippen LogP contribution in [-0.2, 0) is 9.59 Å². The molecule has 8 heteroatoms. The van der Waals surface area contributed by atoms with E-state index in [4.69, 9.17) is 0 Å². The number of nitrogens with one attached hydrogen (secondary N) is 2. The van der Waals surface area contributed by atoms with Crippen molar-refractivity contribution in [1.82, 2.24) is 10.2 Å². The second kappa shape index (κ2) is 7.90. The van der Waals surface area contributed by atoms with Gasteiger partial charge in [-0.3, -0.25) is 9.59 Å².